The normalized spacial score (nSPS) is 15.5. The molecule has 3 amide bonds. The number of esters is 1. The molecule has 0 aromatic heterocycles. The number of benzene rings is 2. The summed E-state index contributed by atoms with van der Waals surface area (Å²) in [5, 5.41) is 16.5. The molecular formula is C26H29ClN4O6. The zero-order chi connectivity index (χ0) is 27.3. The maximum absolute atomic E-state index is 13.1. The minimum atomic E-state index is -0.795. The predicted octanol–water partition coefficient (Wildman–Crippen LogP) is 5.59. The van der Waals surface area contributed by atoms with Crippen molar-refractivity contribution in [3.05, 3.63) is 80.0 Å². The number of nitrogens with zero attached hydrogens (tertiary/aromatic N) is 2. The monoisotopic (exact) mass is 528 g/mol. The fraction of sp³-hybridized carbons (Fsp3) is 0.346. The van der Waals surface area contributed by atoms with Crippen LogP contribution in [0.25, 0.3) is 0 Å². The summed E-state index contributed by atoms with van der Waals surface area (Å²) in [6, 6.07) is 9.14. The van der Waals surface area contributed by atoms with E-state index in [2.05, 4.69) is 10.6 Å². The number of carbonyl (C=O) groups excluding carboxylic acids is 3. The van der Waals surface area contributed by atoms with Gasteiger partial charge >= 0.3 is 12.0 Å². The second kappa shape index (κ2) is 11.9. The van der Waals surface area contributed by atoms with Gasteiger partial charge in [-0.15, -0.1) is 0 Å². The molecule has 1 heterocycles. The Labute approximate surface area is 219 Å². The third-order valence-corrected chi connectivity index (χ3v) is 6.09. The van der Waals surface area contributed by atoms with E-state index in [1.807, 2.05) is 6.92 Å². The quantitative estimate of drug-likeness (QED) is 0.248. The lowest BCUT2D eigenvalue weighted by Crippen LogP contribution is -2.48. The fourth-order valence-electron chi connectivity index (χ4n) is 3.95. The largest absolute Gasteiger partial charge is 0.459 e. The van der Waals surface area contributed by atoms with Gasteiger partial charge in [0.25, 0.3) is 11.6 Å². The minimum absolute atomic E-state index is 0.0622. The Morgan fingerprint density at radius 1 is 1.24 bits per heavy atom. The summed E-state index contributed by atoms with van der Waals surface area (Å²) in [4.78, 5) is 50.7. The third-order valence-electron chi connectivity index (χ3n) is 5.78. The second-order valence-corrected chi connectivity index (χ2v) is 9.25. The van der Waals surface area contributed by atoms with Gasteiger partial charge < -0.3 is 15.4 Å². The van der Waals surface area contributed by atoms with E-state index in [1.165, 1.54) is 12.1 Å². The van der Waals surface area contributed by atoms with Crippen LogP contribution in [-0.2, 0) is 9.53 Å². The van der Waals surface area contributed by atoms with E-state index in [9.17, 15) is 24.5 Å². The summed E-state index contributed by atoms with van der Waals surface area (Å²) in [6.45, 7) is 7.70. The summed E-state index contributed by atoms with van der Waals surface area (Å²) in [5.74, 6) is -1.10. The van der Waals surface area contributed by atoms with E-state index in [-0.39, 0.29) is 28.4 Å². The van der Waals surface area contributed by atoms with Gasteiger partial charge in [0, 0.05) is 30.1 Å². The Hall–Kier alpha value is -3.92. The Bertz CT molecular complexity index is 1260. The second-order valence-electron chi connectivity index (χ2n) is 8.84. The number of ether oxygens (including phenoxy) is 1. The number of hydrogen-bond acceptors (Lipinski definition) is 6. The van der Waals surface area contributed by atoms with Crippen molar-refractivity contribution in [3.8, 4) is 0 Å². The first-order chi connectivity index (χ1) is 17.5. The van der Waals surface area contributed by atoms with Crippen LogP contribution < -0.4 is 10.6 Å². The van der Waals surface area contributed by atoms with E-state index in [4.69, 9.17) is 16.3 Å². The molecule has 0 saturated carbocycles. The number of amides is 3. The highest BCUT2D eigenvalue weighted by atomic mass is 35.5. The van der Waals surface area contributed by atoms with Crippen LogP contribution in [0.1, 0.15) is 62.5 Å². The Morgan fingerprint density at radius 3 is 2.59 bits per heavy atom. The molecule has 2 aromatic rings. The highest BCUT2D eigenvalue weighted by Crippen LogP contribution is 2.33. The topological polar surface area (TPSA) is 131 Å². The molecule has 0 bridgehead atoms. The molecule has 1 atom stereocenters. The molecule has 2 N–H and O–H groups in total. The van der Waals surface area contributed by atoms with Gasteiger partial charge in [-0.2, -0.15) is 0 Å². The first kappa shape index (κ1) is 27.7. The first-order valence-electron chi connectivity index (χ1n) is 11.9. The molecule has 0 aliphatic carbocycles. The van der Waals surface area contributed by atoms with Crippen molar-refractivity contribution in [1.29, 1.82) is 0 Å². The van der Waals surface area contributed by atoms with Gasteiger partial charge in [-0.25, -0.2) is 9.59 Å². The van der Waals surface area contributed by atoms with Crippen LogP contribution in [0.2, 0.25) is 5.02 Å². The Balaban J connectivity index is 1.94. The number of allylic oxidation sites excluding steroid dienone is 1. The molecule has 0 fully saturated rings. The summed E-state index contributed by atoms with van der Waals surface area (Å²) < 4.78 is 5.49. The number of halogens is 1. The summed E-state index contributed by atoms with van der Waals surface area (Å²) in [5.41, 5.74) is 1.60. The van der Waals surface area contributed by atoms with Crippen LogP contribution in [0.4, 0.5) is 16.2 Å². The number of urea groups is 1. The highest BCUT2D eigenvalue weighted by molar-refractivity contribution is 6.34. The minimum Gasteiger partial charge on any atom is -0.459 e. The van der Waals surface area contributed by atoms with Crippen molar-refractivity contribution in [3.63, 3.8) is 0 Å². The van der Waals surface area contributed by atoms with E-state index in [0.717, 1.165) is 18.9 Å². The highest BCUT2D eigenvalue weighted by Gasteiger charge is 2.36. The molecule has 1 aliphatic heterocycles. The van der Waals surface area contributed by atoms with Crippen molar-refractivity contribution in [2.75, 3.05) is 11.9 Å². The lowest BCUT2D eigenvalue weighted by atomic mass is 9.94. The third kappa shape index (κ3) is 6.45. The lowest BCUT2D eigenvalue weighted by molar-refractivity contribution is -0.384. The zero-order valence-electron chi connectivity index (χ0n) is 21.0. The molecule has 0 radical (unpaired) electrons. The van der Waals surface area contributed by atoms with E-state index in [0.29, 0.717) is 29.1 Å². The molecule has 0 saturated heterocycles. The van der Waals surface area contributed by atoms with Crippen molar-refractivity contribution >= 4 is 40.9 Å². The standard InChI is InChI=1S/C26H29ClN4O6/c1-5-6-12-30-16(4)22(25(33)37-15(2)3)23(29-26(30)34)17-8-7-9-18(13-17)28-24(32)20-11-10-19(31(35)36)14-21(20)27/h7-11,13-15,23H,5-6,12H2,1-4H3,(H,28,32)(H,29,34). The van der Waals surface area contributed by atoms with Crippen LogP contribution in [-0.4, -0.2) is 40.4 Å². The van der Waals surface area contributed by atoms with Gasteiger partial charge in [0.2, 0.25) is 0 Å². The van der Waals surface area contributed by atoms with Crippen LogP contribution in [0.3, 0.4) is 0 Å². The van der Waals surface area contributed by atoms with Crippen LogP contribution in [0.15, 0.2) is 53.7 Å². The zero-order valence-corrected chi connectivity index (χ0v) is 21.8. The van der Waals surface area contributed by atoms with E-state index in [1.54, 1.807) is 49.9 Å². The summed E-state index contributed by atoms with van der Waals surface area (Å²) >= 11 is 6.09. The maximum Gasteiger partial charge on any atom is 0.338 e. The average molecular weight is 529 g/mol. The fourth-order valence-corrected chi connectivity index (χ4v) is 4.22. The van der Waals surface area contributed by atoms with Crippen molar-refractivity contribution < 1.29 is 24.0 Å². The van der Waals surface area contributed by atoms with E-state index < -0.39 is 22.8 Å². The molecule has 1 aliphatic rings. The molecule has 10 nitrogen and oxygen atoms in total. The summed E-state index contributed by atoms with van der Waals surface area (Å²) in [7, 11) is 0. The van der Waals surface area contributed by atoms with Crippen LogP contribution in [0.5, 0.6) is 0 Å². The lowest BCUT2D eigenvalue weighted by Gasteiger charge is -2.35. The SMILES string of the molecule is CCCCN1C(=O)NC(c2cccc(NC(=O)c3ccc([N+](=O)[O-])cc3Cl)c2)C(C(=O)OC(C)C)=C1C. The number of anilines is 1. The van der Waals surface area contributed by atoms with Gasteiger partial charge in [0.15, 0.2) is 0 Å². The molecule has 37 heavy (non-hydrogen) atoms. The number of non-ortho nitro benzene ring substituents is 1. The molecule has 1 unspecified atom stereocenters. The van der Waals surface area contributed by atoms with Crippen LogP contribution in [0, 0.1) is 10.1 Å². The number of nitrogens with one attached hydrogen (secondary N) is 2. The number of unbranched alkanes of at least 4 members (excludes halogenated alkanes) is 1. The van der Waals surface area contributed by atoms with Gasteiger partial charge in [-0.1, -0.05) is 37.1 Å². The smallest absolute Gasteiger partial charge is 0.338 e. The van der Waals surface area contributed by atoms with Crippen LogP contribution >= 0.6 is 11.6 Å². The van der Waals surface area contributed by atoms with Crippen molar-refractivity contribution in [1.82, 2.24) is 10.2 Å². The average Bonchev–Trinajstić information content (AvgIpc) is 2.83. The van der Waals surface area contributed by atoms with Crippen molar-refractivity contribution in [2.24, 2.45) is 0 Å². The molecule has 2 aromatic carbocycles. The maximum atomic E-state index is 13.1. The molecule has 11 heteroatoms. The number of hydrogen-bond donors (Lipinski definition) is 2. The van der Waals surface area contributed by atoms with Gasteiger partial charge in [-0.3, -0.25) is 19.8 Å². The van der Waals surface area contributed by atoms with Crippen molar-refractivity contribution in [2.45, 2.75) is 52.7 Å². The Kier molecular flexibility index (Phi) is 8.88. The Morgan fingerprint density at radius 2 is 1.97 bits per heavy atom. The molecule has 0 spiro atoms. The molecular weight excluding hydrogens is 500 g/mol. The van der Waals surface area contributed by atoms with Gasteiger partial charge in [0.1, 0.15) is 0 Å². The molecule has 3 rings (SSSR count). The molecule has 196 valence electrons. The first-order valence-corrected chi connectivity index (χ1v) is 12.3. The predicted molar refractivity (Wildman–Crippen MR) is 139 cm³/mol. The number of nitro groups is 1. The number of rotatable bonds is 9. The number of nitro benzene ring substituents is 1. The van der Waals surface area contributed by atoms with E-state index >= 15 is 0 Å². The van der Waals surface area contributed by atoms with Gasteiger partial charge in [0.05, 0.1) is 33.2 Å². The number of carbonyl (C=O) groups is 3. The van der Waals surface area contributed by atoms with Gasteiger partial charge in [-0.05, 0) is 51.0 Å². The summed E-state index contributed by atoms with van der Waals surface area (Å²) in [6.07, 6.45) is 1.30.